The minimum absolute atomic E-state index is 0.0334. The summed E-state index contributed by atoms with van der Waals surface area (Å²) in [5, 5.41) is 9.88. The van der Waals surface area contributed by atoms with Gasteiger partial charge < -0.3 is 5.11 Å². The molecule has 15 heavy (non-hydrogen) atoms. The Morgan fingerprint density at radius 1 is 1.40 bits per heavy atom. The summed E-state index contributed by atoms with van der Waals surface area (Å²) in [6.07, 6.45) is 0.558. The average molecular weight is 238 g/mol. The second-order valence-corrected chi connectivity index (χ2v) is 6.67. The van der Waals surface area contributed by atoms with Crippen LogP contribution in [0.15, 0.2) is 0 Å². The minimum atomic E-state index is -3.44. The summed E-state index contributed by atoms with van der Waals surface area (Å²) < 4.78 is 26.2. The van der Waals surface area contributed by atoms with E-state index in [1.807, 2.05) is 13.8 Å². The Hall–Kier alpha value is -0.170. The van der Waals surface area contributed by atoms with Crippen molar-refractivity contribution in [1.82, 2.24) is 9.03 Å². The third-order valence-corrected chi connectivity index (χ3v) is 3.43. The second-order valence-electron chi connectivity index (χ2n) is 4.70. The lowest BCUT2D eigenvalue weighted by Crippen LogP contribution is -2.45. The fraction of sp³-hybridized carbons (Fsp3) is 1.00. The van der Waals surface area contributed by atoms with Gasteiger partial charge in [-0.3, -0.25) is 0 Å². The number of hydrogen-bond donors (Lipinski definition) is 2. The first-order valence-corrected chi connectivity index (χ1v) is 6.40. The van der Waals surface area contributed by atoms with Gasteiger partial charge in [-0.15, -0.1) is 0 Å². The van der Waals surface area contributed by atoms with E-state index in [1.165, 1.54) is 14.1 Å². The van der Waals surface area contributed by atoms with Crippen molar-refractivity contribution in [3.05, 3.63) is 0 Å². The van der Waals surface area contributed by atoms with Gasteiger partial charge in [-0.2, -0.15) is 17.4 Å². The Kier molecular flexibility index (Phi) is 5.19. The van der Waals surface area contributed by atoms with E-state index in [2.05, 4.69) is 4.72 Å². The molecule has 0 radical (unpaired) electrons. The third kappa shape index (κ3) is 6.09. The van der Waals surface area contributed by atoms with Crippen molar-refractivity contribution in [1.29, 1.82) is 0 Å². The van der Waals surface area contributed by atoms with Gasteiger partial charge in [0, 0.05) is 20.6 Å². The van der Waals surface area contributed by atoms with Gasteiger partial charge in [0.15, 0.2) is 0 Å². The maximum absolute atomic E-state index is 11.4. The first-order chi connectivity index (χ1) is 6.57. The van der Waals surface area contributed by atoms with Crippen LogP contribution in [0.5, 0.6) is 0 Å². The highest BCUT2D eigenvalue weighted by Crippen LogP contribution is 2.15. The fourth-order valence-corrected chi connectivity index (χ4v) is 2.08. The number of aliphatic hydroxyl groups is 1. The molecule has 0 spiro atoms. The van der Waals surface area contributed by atoms with Crippen molar-refractivity contribution in [2.24, 2.45) is 5.92 Å². The molecule has 6 heteroatoms. The number of hydrogen-bond acceptors (Lipinski definition) is 3. The van der Waals surface area contributed by atoms with E-state index in [9.17, 15) is 13.5 Å². The van der Waals surface area contributed by atoms with Crippen molar-refractivity contribution < 1.29 is 13.5 Å². The van der Waals surface area contributed by atoms with Crippen LogP contribution in [0.4, 0.5) is 0 Å². The van der Waals surface area contributed by atoms with E-state index < -0.39 is 15.8 Å². The summed E-state index contributed by atoms with van der Waals surface area (Å²) in [6, 6.07) is 0. The minimum Gasteiger partial charge on any atom is -0.389 e. The Labute approximate surface area is 92.7 Å². The Morgan fingerprint density at radius 2 is 1.87 bits per heavy atom. The molecule has 1 atom stereocenters. The van der Waals surface area contributed by atoms with Crippen LogP contribution in [0.2, 0.25) is 0 Å². The van der Waals surface area contributed by atoms with Gasteiger partial charge in [-0.05, 0) is 19.3 Å². The van der Waals surface area contributed by atoms with Crippen LogP contribution in [0.1, 0.15) is 27.2 Å². The van der Waals surface area contributed by atoms with Gasteiger partial charge in [0.1, 0.15) is 0 Å². The summed E-state index contributed by atoms with van der Waals surface area (Å²) >= 11 is 0. The highest BCUT2D eigenvalue weighted by molar-refractivity contribution is 7.87. The molecule has 2 N–H and O–H groups in total. The fourth-order valence-electron chi connectivity index (χ4n) is 1.33. The van der Waals surface area contributed by atoms with E-state index in [1.54, 1.807) is 6.92 Å². The molecule has 0 aromatic carbocycles. The zero-order valence-corrected chi connectivity index (χ0v) is 10.9. The average Bonchev–Trinajstić information content (AvgIpc) is 1.98. The predicted octanol–water partition coefficient (Wildman–Crippen LogP) is 0.180. The maximum Gasteiger partial charge on any atom is 0.279 e. The lowest BCUT2D eigenvalue weighted by atomic mass is 9.95. The van der Waals surface area contributed by atoms with E-state index in [4.69, 9.17) is 0 Å². The van der Waals surface area contributed by atoms with Crippen molar-refractivity contribution in [3.8, 4) is 0 Å². The summed E-state index contributed by atoms with van der Waals surface area (Å²) in [4.78, 5) is 0. The SMILES string of the molecule is CC(C)CC(C)(O)CNS(=O)(=O)N(C)C. The lowest BCUT2D eigenvalue weighted by Gasteiger charge is -2.26. The molecule has 0 aliphatic rings. The molecule has 0 saturated carbocycles. The molecule has 92 valence electrons. The second kappa shape index (κ2) is 5.25. The number of rotatable bonds is 6. The number of nitrogens with one attached hydrogen (secondary N) is 1. The molecule has 5 nitrogen and oxygen atoms in total. The van der Waals surface area contributed by atoms with E-state index in [0.717, 1.165) is 4.31 Å². The van der Waals surface area contributed by atoms with E-state index in [-0.39, 0.29) is 6.54 Å². The quantitative estimate of drug-likeness (QED) is 0.693. The third-order valence-electron chi connectivity index (χ3n) is 1.96. The molecule has 1 unspecified atom stereocenters. The topological polar surface area (TPSA) is 69.6 Å². The maximum atomic E-state index is 11.4. The molecule has 0 aliphatic heterocycles. The molecule has 0 aromatic rings. The first kappa shape index (κ1) is 14.8. The zero-order chi connectivity index (χ0) is 12.3. The van der Waals surface area contributed by atoms with Gasteiger partial charge in [-0.1, -0.05) is 13.8 Å². The highest BCUT2D eigenvalue weighted by Gasteiger charge is 2.24. The smallest absolute Gasteiger partial charge is 0.279 e. The predicted molar refractivity (Wildman–Crippen MR) is 60.7 cm³/mol. The van der Waals surface area contributed by atoms with Crippen molar-refractivity contribution in [3.63, 3.8) is 0 Å². The Morgan fingerprint density at radius 3 is 2.20 bits per heavy atom. The largest absolute Gasteiger partial charge is 0.389 e. The molecule has 0 fully saturated rings. The van der Waals surface area contributed by atoms with Crippen molar-refractivity contribution in [2.75, 3.05) is 20.6 Å². The van der Waals surface area contributed by atoms with Crippen molar-refractivity contribution in [2.45, 2.75) is 32.8 Å². The Balaban J connectivity index is 4.27. The van der Waals surface area contributed by atoms with Crippen LogP contribution in [0.25, 0.3) is 0 Å². The molecular formula is C9H22N2O3S. The van der Waals surface area contributed by atoms with Gasteiger partial charge in [0.05, 0.1) is 5.60 Å². The van der Waals surface area contributed by atoms with E-state index in [0.29, 0.717) is 12.3 Å². The normalized spacial score (nSPS) is 17.1. The Bertz CT molecular complexity index is 284. The summed E-state index contributed by atoms with van der Waals surface area (Å²) in [5.74, 6) is 0.323. The first-order valence-electron chi connectivity index (χ1n) is 4.96. The standard InChI is InChI=1S/C9H22N2O3S/c1-8(2)6-9(3,12)7-10-15(13,14)11(4)5/h8,10,12H,6-7H2,1-5H3. The van der Waals surface area contributed by atoms with Gasteiger partial charge in [-0.25, -0.2) is 0 Å². The lowest BCUT2D eigenvalue weighted by molar-refractivity contribution is 0.0434. The number of nitrogens with zero attached hydrogens (tertiary/aromatic N) is 1. The zero-order valence-electron chi connectivity index (χ0n) is 10.1. The molecule has 0 rings (SSSR count). The molecule has 0 aromatic heterocycles. The van der Waals surface area contributed by atoms with Crippen LogP contribution >= 0.6 is 0 Å². The summed E-state index contributed by atoms with van der Waals surface area (Å²) in [6.45, 7) is 5.63. The van der Waals surface area contributed by atoms with Gasteiger partial charge in [0.2, 0.25) is 0 Å². The van der Waals surface area contributed by atoms with Crippen LogP contribution in [-0.4, -0.2) is 44.1 Å². The van der Waals surface area contributed by atoms with Gasteiger partial charge in [0.25, 0.3) is 10.2 Å². The van der Waals surface area contributed by atoms with Crippen LogP contribution < -0.4 is 4.72 Å². The molecule has 0 heterocycles. The van der Waals surface area contributed by atoms with E-state index >= 15 is 0 Å². The van der Waals surface area contributed by atoms with Crippen LogP contribution in [0, 0.1) is 5.92 Å². The molecular weight excluding hydrogens is 216 g/mol. The van der Waals surface area contributed by atoms with Crippen molar-refractivity contribution >= 4 is 10.2 Å². The summed E-state index contributed by atoms with van der Waals surface area (Å²) in [5.41, 5.74) is -1.00. The van der Waals surface area contributed by atoms with Crippen LogP contribution in [-0.2, 0) is 10.2 Å². The van der Waals surface area contributed by atoms with Crippen LogP contribution in [0.3, 0.4) is 0 Å². The molecule has 0 aliphatic carbocycles. The molecule has 0 bridgehead atoms. The molecule has 0 saturated heterocycles. The highest BCUT2D eigenvalue weighted by atomic mass is 32.2. The van der Waals surface area contributed by atoms with Gasteiger partial charge >= 0.3 is 0 Å². The molecule has 0 amide bonds. The summed E-state index contributed by atoms with van der Waals surface area (Å²) in [7, 11) is -0.556. The monoisotopic (exact) mass is 238 g/mol.